The highest BCUT2D eigenvalue weighted by atomic mass is 16.3. The van der Waals surface area contributed by atoms with Crippen molar-refractivity contribution in [2.45, 2.75) is 0 Å². The summed E-state index contributed by atoms with van der Waals surface area (Å²) in [6.07, 6.45) is 0. The second-order valence-electron chi connectivity index (χ2n) is 16.0. The van der Waals surface area contributed by atoms with Crippen molar-refractivity contribution in [1.29, 1.82) is 0 Å². The standard InChI is InChI=1S/C57H35N5O/c1-3-18-36(19-4-1)39-28-17-29-45-43-25-11-15-32-51(43)62(53(39)45)57-59-55(37-20-5-2-6-21-37)58-56(60-57)46-27-8-7-22-40(46)47-34-38(35-48-44-26-12-16-33-52(44)63-54(47)48)61-49-30-13-9-23-41(49)42-24-10-14-31-50(42)61/h1-35H. The zero-order chi connectivity index (χ0) is 41.4. The zero-order valence-corrected chi connectivity index (χ0v) is 33.9. The highest BCUT2D eigenvalue weighted by Crippen LogP contribution is 2.44. The van der Waals surface area contributed by atoms with E-state index in [-0.39, 0.29) is 0 Å². The van der Waals surface area contributed by atoms with Crippen molar-refractivity contribution in [2.24, 2.45) is 0 Å². The van der Waals surface area contributed by atoms with Crippen molar-refractivity contribution in [3.05, 3.63) is 212 Å². The summed E-state index contributed by atoms with van der Waals surface area (Å²) in [5.74, 6) is 1.68. The Morgan fingerprint density at radius 1 is 0.333 bits per heavy atom. The van der Waals surface area contributed by atoms with Crippen molar-refractivity contribution in [2.75, 3.05) is 0 Å². The minimum absolute atomic E-state index is 0.538. The fourth-order valence-corrected chi connectivity index (χ4v) is 9.63. The van der Waals surface area contributed by atoms with Gasteiger partial charge in [0, 0.05) is 60.3 Å². The predicted octanol–water partition coefficient (Wildman–Crippen LogP) is 14.6. The number of furan rings is 1. The highest BCUT2D eigenvalue weighted by molar-refractivity contribution is 6.15. The van der Waals surface area contributed by atoms with Gasteiger partial charge in [0.1, 0.15) is 11.2 Å². The Morgan fingerprint density at radius 2 is 0.857 bits per heavy atom. The molecule has 0 aliphatic carbocycles. The summed E-state index contributed by atoms with van der Waals surface area (Å²) >= 11 is 0. The van der Waals surface area contributed by atoms with E-state index in [1.54, 1.807) is 0 Å². The van der Waals surface area contributed by atoms with Gasteiger partial charge in [-0.25, -0.2) is 4.98 Å². The summed E-state index contributed by atoms with van der Waals surface area (Å²) in [7, 11) is 0. The number of rotatable bonds is 6. The number of hydrogen-bond donors (Lipinski definition) is 0. The van der Waals surface area contributed by atoms with Crippen LogP contribution in [0.25, 0.3) is 122 Å². The number of nitrogens with zero attached hydrogens (tertiary/aromatic N) is 5. The van der Waals surface area contributed by atoms with Gasteiger partial charge < -0.3 is 8.98 Å². The Bertz CT molecular complexity index is 3860. The summed E-state index contributed by atoms with van der Waals surface area (Å²) < 4.78 is 11.4. The molecule has 4 heterocycles. The lowest BCUT2D eigenvalue weighted by Gasteiger charge is -2.16. The maximum Gasteiger partial charge on any atom is 0.238 e. The van der Waals surface area contributed by atoms with Gasteiger partial charge in [-0.2, -0.15) is 9.97 Å². The summed E-state index contributed by atoms with van der Waals surface area (Å²) in [5, 5.41) is 6.77. The van der Waals surface area contributed by atoms with Gasteiger partial charge in [0.2, 0.25) is 5.95 Å². The fraction of sp³-hybridized carbons (Fsp3) is 0. The molecule has 4 aromatic heterocycles. The topological polar surface area (TPSA) is 61.7 Å². The molecule has 6 heteroatoms. The molecule has 13 aromatic rings. The van der Waals surface area contributed by atoms with Gasteiger partial charge in [0.15, 0.2) is 11.6 Å². The zero-order valence-electron chi connectivity index (χ0n) is 33.9. The number of benzene rings is 9. The molecule has 294 valence electrons. The quantitative estimate of drug-likeness (QED) is 0.168. The molecule has 0 N–H and O–H groups in total. The van der Waals surface area contributed by atoms with Crippen molar-refractivity contribution in [3.63, 3.8) is 0 Å². The van der Waals surface area contributed by atoms with E-state index in [4.69, 9.17) is 19.4 Å². The van der Waals surface area contributed by atoms with E-state index in [9.17, 15) is 0 Å². The Balaban J connectivity index is 1.11. The summed E-state index contributed by atoms with van der Waals surface area (Å²) in [6.45, 7) is 0. The van der Waals surface area contributed by atoms with Crippen molar-refractivity contribution in [1.82, 2.24) is 24.1 Å². The van der Waals surface area contributed by atoms with Crippen LogP contribution in [0.4, 0.5) is 0 Å². The van der Waals surface area contributed by atoms with Crippen LogP contribution in [-0.2, 0) is 0 Å². The fourth-order valence-electron chi connectivity index (χ4n) is 9.63. The van der Waals surface area contributed by atoms with Crippen LogP contribution in [0.1, 0.15) is 0 Å². The Morgan fingerprint density at radius 3 is 1.57 bits per heavy atom. The molecule has 0 amide bonds. The van der Waals surface area contributed by atoms with E-state index in [1.807, 2.05) is 30.3 Å². The summed E-state index contributed by atoms with van der Waals surface area (Å²) in [6, 6.07) is 74.3. The average molecular weight is 806 g/mol. The maximum absolute atomic E-state index is 6.84. The van der Waals surface area contributed by atoms with Gasteiger partial charge in [-0.15, -0.1) is 0 Å². The van der Waals surface area contributed by atoms with Crippen LogP contribution >= 0.6 is 0 Å². The molecule has 6 nitrogen and oxygen atoms in total. The normalized spacial score (nSPS) is 11.8. The van der Waals surface area contributed by atoms with E-state index in [2.05, 4.69) is 191 Å². The lowest BCUT2D eigenvalue weighted by molar-refractivity contribution is 0.670. The SMILES string of the molecule is c1ccc(-c2nc(-c3ccccc3-c3cc(-n4c5ccccc5c5ccccc54)cc4c3oc3ccccc34)nc(-n3c4ccccc4c4cccc(-c5ccccc5)c43)n2)cc1. The maximum atomic E-state index is 6.84. The first-order valence-corrected chi connectivity index (χ1v) is 21.2. The van der Waals surface area contributed by atoms with Crippen LogP contribution in [0.3, 0.4) is 0 Å². The molecule has 0 spiro atoms. The molecule has 0 saturated carbocycles. The molecule has 0 atom stereocenters. The molecule has 13 rings (SSSR count). The van der Waals surface area contributed by atoms with E-state index in [0.717, 1.165) is 93.8 Å². The molecule has 0 aliphatic heterocycles. The average Bonchev–Trinajstić information content (AvgIpc) is 4.02. The smallest absolute Gasteiger partial charge is 0.238 e. The van der Waals surface area contributed by atoms with E-state index < -0.39 is 0 Å². The lowest BCUT2D eigenvalue weighted by Crippen LogP contribution is -2.07. The molecule has 63 heavy (non-hydrogen) atoms. The largest absolute Gasteiger partial charge is 0.455 e. The minimum Gasteiger partial charge on any atom is -0.455 e. The third-order valence-corrected chi connectivity index (χ3v) is 12.4. The van der Waals surface area contributed by atoms with Crippen molar-refractivity contribution >= 4 is 65.6 Å². The van der Waals surface area contributed by atoms with Gasteiger partial charge in [-0.3, -0.25) is 4.57 Å². The monoisotopic (exact) mass is 805 g/mol. The van der Waals surface area contributed by atoms with E-state index >= 15 is 0 Å². The number of aromatic nitrogens is 5. The van der Waals surface area contributed by atoms with Crippen molar-refractivity contribution in [3.8, 4) is 56.7 Å². The van der Waals surface area contributed by atoms with Gasteiger partial charge in [-0.05, 0) is 47.5 Å². The number of fused-ring (bicyclic) bond motifs is 9. The van der Waals surface area contributed by atoms with Crippen LogP contribution in [0, 0.1) is 0 Å². The minimum atomic E-state index is 0.538. The summed E-state index contributed by atoms with van der Waals surface area (Å²) in [4.78, 5) is 16.1. The highest BCUT2D eigenvalue weighted by Gasteiger charge is 2.24. The molecule has 0 saturated heterocycles. The molecule has 0 radical (unpaired) electrons. The van der Waals surface area contributed by atoms with Gasteiger partial charge >= 0.3 is 0 Å². The van der Waals surface area contributed by atoms with E-state index in [0.29, 0.717) is 17.6 Å². The number of para-hydroxylation sites is 5. The van der Waals surface area contributed by atoms with Gasteiger partial charge in [-0.1, -0.05) is 176 Å². The molecular weight excluding hydrogens is 771 g/mol. The van der Waals surface area contributed by atoms with Crippen LogP contribution in [-0.4, -0.2) is 24.1 Å². The third-order valence-electron chi connectivity index (χ3n) is 12.4. The van der Waals surface area contributed by atoms with E-state index in [1.165, 1.54) is 10.8 Å². The van der Waals surface area contributed by atoms with Crippen LogP contribution in [0.2, 0.25) is 0 Å². The second kappa shape index (κ2) is 14.0. The molecule has 0 unspecified atom stereocenters. The second-order valence-corrected chi connectivity index (χ2v) is 16.0. The van der Waals surface area contributed by atoms with Crippen LogP contribution in [0.5, 0.6) is 0 Å². The van der Waals surface area contributed by atoms with Gasteiger partial charge in [0.25, 0.3) is 0 Å². The molecule has 9 aromatic carbocycles. The van der Waals surface area contributed by atoms with Crippen LogP contribution in [0.15, 0.2) is 217 Å². The van der Waals surface area contributed by atoms with Gasteiger partial charge in [0.05, 0.1) is 22.1 Å². The molecular formula is C57H35N5O. The first-order chi connectivity index (χ1) is 31.3. The van der Waals surface area contributed by atoms with Crippen molar-refractivity contribution < 1.29 is 4.42 Å². The first-order valence-electron chi connectivity index (χ1n) is 21.2. The Labute approximate surface area is 361 Å². The Kier molecular flexibility index (Phi) is 7.80. The summed E-state index contributed by atoms with van der Waals surface area (Å²) in [5.41, 5.74) is 12.9. The molecule has 0 bridgehead atoms. The molecule has 0 aliphatic rings. The Hall–Kier alpha value is -8.61. The molecule has 0 fully saturated rings. The number of hydrogen-bond acceptors (Lipinski definition) is 4. The lowest BCUT2D eigenvalue weighted by atomic mass is 9.96. The third kappa shape index (κ3) is 5.48. The first kappa shape index (κ1) is 35.2. The predicted molar refractivity (Wildman–Crippen MR) is 258 cm³/mol. The van der Waals surface area contributed by atoms with Crippen LogP contribution < -0.4 is 0 Å².